The molecule has 0 saturated heterocycles. The Hall–Kier alpha value is 0.830. The van der Waals surface area contributed by atoms with Crippen LogP contribution in [0.5, 0.6) is 0 Å². The first kappa shape index (κ1) is 77.9. The fourth-order valence-electron chi connectivity index (χ4n) is 11.1. The van der Waals surface area contributed by atoms with Crippen LogP contribution in [0.2, 0.25) is 3.67 Å². The summed E-state index contributed by atoms with van der Waals surface area (Å²) in [6.07, 6.45) is 78.6. The third kappa shape index (κ3) is 70.9. The number of hydrogen-bond donors (Lipinski definition) is 1. The monoisotopic (exact) mass is 1090 g/mol. The van der Waals surface area contributed by atoms with Gasteiger partial charge in [0.2, 0.25) is 0 Å². The number of aliphatic hydroxyl groups excluding tert-OH is 1. The van der Waals surface area contributed by atoms with Crippen LogP contribution in [-0.2, 0) is 18.8 Å². The second-order valence-electron chi connectivity index (χ2n) is 24.2. The molecule has 0 radical (unpaired) electrons. The van der Waals surface area contributed by atoms with Gasteiger partial charge in [-0.05, 0) is 32.6 Å². The van der Waals surface area contributed by atoms with E-state index in [1.165, 1.54) is 365 Å². The molecule has 0 saturated carbocycles. The van der Waals surface area contributed by atoms with Gasteiger partial charge in [-0.15, -0.1) is 0 Å². The van der Waals surface area contributed by atoms with Crippen molar-refractivity contribution in [3.63, 3.8) is 0 Å². The van der Waals surface area contributed by atoms with Crippen molar-refractivity contribution in [1.29, 1.82) is 0 Å². The predicted molar refractivity (Wildman–Crippen MR) is 336 cm³/mol. The van der Waals surface area contributed by atoms with E-state index in [1.54, 1.807) is 0 Å². The molecule has 0 bridgehead atoms. The van der Waals surface area contributed by atoms with Crippen molar-refractivity contribution in [1.82, 2.24) is 0 Å². The van der Waals surface area contributed by atoms with Gasteiger partial charge in [0.05, 0.1) is 12.2 Å². The standard InChI is InChI=1S/C52H106O5S.C16H33.Na/c1-4-6-8-10-12-14-16-18-20-25-29-33-37-41-45-49-52(48-44-40-36-32-28-24-19-17-15-13-11-9-7-5-2)57-58(54,55)56-51(3)47-43-39-35-31-27-23-21-22-26-30-34-38-42-46-50-53;1-3-5-7-9-11-13-15-16-14-12-10-8-6-4-2;/h51-53H,4-50H2,1-3H3;1,3-16H2,2H3;. The van der Waals surface area contributed by atoms with E-state index in [4.69, 9.17) is 13.5 Å². The van der Waals surface area contributed by atoms with E-state index >= 15 is 0 Å². The first-order valence-electron chi connectivity index (χ1n) is 35.1. The zero-order chi connectivity index (χ0) is 54.9. The quantitative estimate of drug-likeness (QED) is 0.0485. The van der Waals surface area contributed by atoms with Crippen molar-refractivity contribution in [2.24, 2.45) is 0 Å². The van der Waals surface area contributed by atoms with Crippen molar-refractivity contribution in [2.45, 2.75) is 429 Å². The predicted octanol–water partition coefficient (Wildman–Crippen LogP) is 24.1. The van der Waals surface area contributed by atoms with Crippen LogP contribution in [0.25, 0.3) is 0 Å². The Bertz CT molecular complexity index is 1090. The molecule has 1 N–H and O–H groups in total. The summed E-state index contributed by atoms with van der Waals surface area (Å²) in [5.74, 6) is 0. The topological polar surface area (TPSA) is 72.8 Å². The van der Waals surface area contributed by atoms with Gasteiger partial charge in [0.15, 0.2) is 0 Å². The van der Waals surface area contributed by atoms with Crippen LogP contribution in [0.15, 0.2) is 0 Å². The van der Waals surface area contributed by atoms with Gasteiger partial charge in [0, 0.05) is 6.61 Å². The average Bonchev–Trinajstić information content (AvgIpc) is 3.39. The van der Waals surface area contributed by atoms with Gasteiger partial charge in [-0.1, -0.05) is 310 Å². The maximum absolute atomic E-state index is 13.1. The molecule has 0 aromatic rings. The van der Waals surface area contributed by atoms with E-state index in [1.807, 2.05) is 6.92 Å². The molecule has 0 aliphatic carbocycles. The molecule has 448 valence electrons. The molecule has 75 heavy (non-hydrogen) atoms. The molecule has 0 fully saturated rings. The molecule has 0 amide bonds. The molecule has 0 spiro atoms. The fourth-order valence-corrected chi connectivity index (χ4v) is 12.7. The van der Waals surface area contributed by atoms with Gasteiger partial charge in [-0.3, -0.25) is 0 Å². The van der Waals surface area contributed by atoms with E-state index in [9.17, 15) is 8.42 Å². The number of hydrogen-bond acceptors (Lipinski definition) is 5. The van der Waals surface area contributed by atoms with Crippen LogP contribution in [0.4, 0.5) is 0 Å². The fraction of sp³-hybridized carbons (Fsp3) is 1.00. The molecule has 2 unspecified atom stereocenters. The Morgan fingerprint density at radius 2 is 0.493 bits per heavy atom. The van der Waals surface area contributed by atoms with Crippen molar-refractivity contribution in [2.75, 3.05) is 6.61 Å². The third-order valence-electron chi connectivity index (χ3n) is 16.3. The van der Waals surface area contributed by atoms with E-state index in [-0.39, 0.29) is 12.2 Å². The summed E-state index contributed by atoms with van der Waals surface area (Å²) < 4.78 is 39.0. The minimum atomic E-state index is -4.00. The minimum absolute atomic E-state index is 0.256. The second kappa shape index (κ2) is 69.1. The number of unbranched alkanes of at least 4 members (excludes halogenated alkanes) is 53. The van der Waals surface area contributed by atoms with Crippen molar-refractivity contribution in [3.05, 3.63) is 0 Å². The Balaban J connectivity index is 0. The molecule has 0 aromatic heterocycles. The van der Waals surface area contributed by atoms with E-state index < -0.39 is 10.4 Å². The van der Waals surface area contributed by atoms with Crippen molar-refractivity contribution >= 4 is 38.3 Å². The number of aliphatic hydroxyl groups is 1. The van der Waals surface area contributed by atoms with Gasteiger partial charge in [0.1, 0.15) is 0 Å². The summed E-state index contributed by atoms with van der Waals surface area (Å²) in [4.78, 5) is 0. The SMILES string of the molecule is CCCCCCCCCCCCCCCCCC(CCCCCCCCCCCCCCCC)OS(=O)(=O)OC(C)CCCCCCCCCCCCCCCCO.CCCCCCCCCCCCCCC[CH2][Na]. The molecule has 7 heteroatoms. The normalized spacial score (nSPS) is 12.6. The summed E-state index contributed by atoms with van der Waals surface area (Å²) in [5.41, 5.74) is 0. The molecule has 0 heterocycles. The summed E-state index contributed by atoms with van der Waals surface area (Å²) in [6, 6.07) is 0. The van der Waals surface area contributed by atoms with E-state index in [0.717, 1.165) is 51.4 Å². The molecule has 5 nitrogen and oxygen atoms in total. The van der Waals surface area contributed by atoms with Crippen LogP contribution in [-0.4, -0.2) is 60.3 Å². The Morgan fingerprint density at radius 1 is 0.293 bits per heavy atom. The number of rotatable bonds is 65. The molecule has 0 rings (SSSR count). The molecule has 0 aliphatic rings. The average molecular weight is 1090 g/mol. The third-order valence-corrected chi connectivity index (χ3v) is 18.1. The molecular weight excluding hydrogens is 952 g/mol. The van der Waals surface area contributed by atoms with Gasteiger partial charge in [-0.25, -0.2) is 8.37 Å². The molecule has 0 aliphatic heterocycles. The van der Waals surface area contributed by atoms with Crippen LogP contribution in [0.3, 0.4) is 0 Å². The summed E-state index contributed by atoms with van der Waals surface area (Å²) in [5, 5.41) is 8.87. The Labute approximate surface area is 492 Å². The van der Waals surface area contributed by atoms with Crippen LogP contribution < -0.4 is 0 Å². The second-order valence-corrected chi connectivity index (χ2v) is 26.4. The van der Waals surface area contributed by atoms with Crippen LogP contribution >= 0.6 is 0 Å². The molecule has 0 aromatic carbocycles. The first-order chi connectivity index (χ1) is 36.9. The Morgan fingerprint density at radius 3 is 0.720 bits per heavy atom. The molecule has 2 atom stereocenters. The first-order valence-corrected chi connectivity index (χ1v) is 37.8. The molecular formula is C68H139NaO5S. The van der Waals surface area contributed by atoms with Gasteiger partial charge < -0.3 is 5.11 Å². The zero-order valence-corrected chi connectivity index (χ0v) is 55.3. The van der Waals surface area contributed by atoms with Crippen LogP contribution in [0.1, 0.15) is 413 Å². The summed E-state index contributed by atoms with van der Waals surface area (Å²) in [7, 11) is -4.00. The summed E-state index contributed by atoms with van der Waals surface area (Å²) >= 11 is 1.41. The van der Waals surface area contributed by atoms with Crippen molar-refractivity contribution < 1.29 is 21.9 Å². The van der Waals surface area contributed by atoms with Crippen molar-refractivity contribution in [3.8, 4) is 0 Å². The van der Waals surface area contributed by atoms with Gasteiger partial charge >= 0.3 is 113 Å². The van der Waals surface area contributed by atoms with Gasteiger partial charge in [0.25, 0.3) is 0 Å². The summed E-state index contributed by atoms with van der Waals surface area (Å²) in [6.45, 7) is 9.10. The van der Waals surface area contributed by atoms with Gasteiger partial charge in [-0.2, -0.15) is 8.42 Å². The van der Waals surface area contributed by atoms with Crippen LogP contribution in [0, 0.1) is 0 Å². The van der Waals surface area contributed by atoms with E-state index in [2.05, 4.69) is 20.8 Å². The maximum atomic E-state index is 13.1. The Kier molecular flexibility index (Phi) is 71.8. The zero-order valence-electron chi connectivity index (χ0n) is 52.5. The van der Waals surface area contributed by atoms with E-state index in [0.29, 0.717) is 6.61 Å².